The molecule has 0 bridgehead atoms. The Labute approximate surface area is 116 Å². The van der Waals surface area contributed by atoms with Gasteiger partial charge in [0.2, 0.25) is 0 Å². The lowest BCUT2D eigenvalue weighted by Gasteiger charge is -2.19. The molecule has 0 radical (unpaired) electrons. The maximum absolute atomic E-state index is 13.1. The molecule has 18 heavy (non-hydrogen) atoms. The molecule has 0 amide bonds. The third-order valence-corrected chi connectivity index (χ3v) is 4.00. The molecule has 2 rings (SSSR count). The van der Waals surface area contributed by atoms with Crippen molar-refractivity contribution in [3.8, 4) is 0 Å². The van der Waals surface area contributed by atoms with Crippen LogP contribution in [-0.2, 0) is 6.42 Å². The average Bonchev–Trinajstić information content (AvgIpc) is 2.81. The quantitative estimate of drug-likeness (QED) is 0.856. The van der Waals surface area contributed by atoms with Crippen molar-refractivity contribution in [3.63, 3.8) is 0 Å². The molecular formula is C14H15ClFNS. The molecular weight excluding hydrogens is 269 g/mol. The van der Waals surface area contributed by atoms with Crippen LogP contribution in [0.15, 0.2) is 35.7 Å². The van der Waals surface area contributed by atoms with Gasteiger partial charge in [-0.25, -0.2) is 4.39 Å². The highest BCUT2D eigenvalue weighted by Gasteiger charge is 2.15. The lowest BCUT2D eigenvalue weighted by atomic mass is 10.0. The van der Waals surface area contributed by atoms with Crippen molar-refractivity contribution in [1.29, 1.82) is 0 Å². The van der Waals surface area contributed by atoms with Crippen LogP contribution in [0.2, 0.25) is 5.02 Å². The van der Waals surface area contributed by atoms with Gasteiger partial charge >= 0.3 is 0 Å². The van der Waals surface area contributed by atoms with Gasteiger partial charge in [0.25, 0.3) is 0 Å². The first kappa shape index (κ1) is 13.5. The Morgan fingerprint density at radius 1 is 1.39 bits per heavy atom. The Morgan fingerprint density at radius 3 is 2.83 bits per heavy atom. The van der Waals surface area contributed by atoms with Crippen molar-refractivity contribution < 1.29 is 4.39 Å². The maximum atomic E-state index is 13.1. The minimum absolute atomic E-state index is 0.127. The zero-order valence-electron chi connectivity index (χ0n) is 10.1. The van der Waals surface area contributed by atoms with Gasteiger partial charge in [0.05, 0.1) is 0 Å². The number of halogens is 2. The van der Waals surface area contributed by atoms with E-state index in [0.717, 1.165) is 18.5 Å². The lowest BCUT2D eigenvalue weighted by Crippen LogP contribution is -2.23. The average molecular weight is 284 g/mol. The van der Waals surface area contributed by atoms with Crippen LogP contribution in [0.5, 0.6) is 0 Å². The first-order chi connectivity index (χ1) is 8.70. The first-order valence-corrected chi connectivity index (χ1v) is 7.17. The normalized spacial score (nSPS) is 12.6. The molecule has 1 aromatic heterocycles. The summed E-state index contributed by atoms with van der Waals surface area (Å²) in [5.74, 6) is -0.296. The third-order valence-electron chi connectivity index (χ3n) is 2.77. The highest BCUT2D eigenvalue weighted by atomic mass is 35.5. The van der Waals surface area contributed by atoms with Crippen molar-refractivity contribution in [3.05, 3.63) is 57.0 Å². The second kappa shape index (κ2) is 6.32. The molecule has 2 aromatic rings. The summed E-state index contributed by atoms with van der Waals surface area (Å²) in [5, 5.41) is 5.94. The lowest BCUT2D eigenvalue weighted by molar-refractivity contribution is 0.551. The first-order valence-electron chi connectivity index (χ1n) is 5.91. The van der Waals surface area contributed by atoms with Crippen LogP contribution in [0.1, 0.15) is 23.4 Å². The molecule has 1 nitrogen and oxygen atoms in total. The summed E-state index contributed by atoms with van der Waals surface area (Å²) in [5.41, 5.74) is 0.952. The van der Waals surface area contributed by atoms with E-state index >= 15 is 0 Å². The third kappa shape index (κ3) is 3.31. The van der Waals surface area contributed by atoms with Gasteiger partial charge in [0.1, 0.15) is 5.82 Å². The van der Waals surface area contributed by atoms with Crippen LogP contribution in [0.3, 0.4) is 0 Å². The number of benzene rings is 1. The molecule has 1 unspecified atom stereocenters. The Bertz CT molecular complexity index is 499. The number of likely N-dealkylation sites (N-methyl/N-ethyl adjacent to an activating group) is 1. The molecule has 0 saturated carbocycles. The van der Waals surface area contributed by atoms with Crippen LogP contribution in [0.4, 0.5) is 4.39 Å². The van der Waals surface area contributed by atoms with Gasteiger partial charge in [-0.15, -0.1) is 11.3 Å². The number of rotatable bonds is 5. The van der Waals surface area contributed by atoms with E-state index in [2.05, 4.69) is 23.7 Å². The van der Waals surface area contributed by atoms with Gasteiger partial charge in [0, 0.05) is 22.4 Å². The topological polar surface area (TPSA) is 12.0 Å². The smallest absolute Gasteiger partial charge is 0.124 e. The SMILES string of the molecule is CCNC(Cc1cccs1)c1ccc(F)cc1Cl. The van der Waals surface area contributed by atoms with E-state index in [9.17, 15) is 4.39 Å². The minimum atomic E-state index is -0.296. The largest absolute Gasteiger partial charge is 0.310 e. The fourth-order valence-electron chi connectivity index (χ4n) is 1.95. The molecule has 0 saturated heterocycles. The van der Waals surface area contributed by atoms with Gasteiger partial charge in [-0.1, -0.05) is 30.7 Å². The fourth-order valence-corrected chi connectivity index (χ4v) is 3.00. The molecule has 1 N–H and O–H groups in total. The van der Waals surface area contributed by atoms with Gasteiger partial charge in [0.15, 0.2) is 0 Å². The van der Waals surface area contributed by atoms with Crippen LogP contribution in [0, 0.1) is 5.82 Å². The zero-order chi connectivity index (χ0) is 13.0. The summed E-state index contributed by atoms with van der Waals surface area (Å²) < 4.78 is 13.1. The summed E-state index contributed by atoms with van der Waals surface area (Å²) in [6.07, 6.45) is 0.872. The summed E-state index contributed by atoms with van der Waals surface area (Å²) in [6, 6.07) is 8.86. The van der Waals surface area contributed by atoms with Gasteiger partial charge in [-0.3, -0.25) is 0 Å². The predicted octanol–water partition coefficient (Wildman–Crippen LogP) is 4.43. The summed E-state index contributed by atoms with van der Waals surface area (Å²) >= 11 is 7.85. The summed E-state index contributed by atoms with van der Waals surface area (Å²) in [4.78, 5) is 1.29. The Morgan fingerprint density at radius 2 is 2.22 bits per heavy atom. The van der Waals surface area contributed by atoms with Crippen LogP contribution < -0.4 is 5.32 Å². The van der Waals surface area contributed by atoms with Crippen molar-refractivity contribution in [2.75, 3.05) is 6.54 Å². The number of thiophene rings is 1. The standard InChI is InChI=1S/C14H15ClFNS/c1-2-17-14(9-11-4-3-7-18-11)12-6-5-10(16)8-13(12)15/h3-8,14,17H,2,9H2,1H3. The molecule has 1 heterocycles. The highest BCUT2D eigenvalue weighted by molar-refractivity contribution is 7.09. The minimum Gasteiger partial charge on any atom is -0.310 e. The van der Waals surface area contributed by atoms with Gasteiger partial charge in [-0.2, -0.15) is 0 Å². The van der Waals surface area contributed by atoms with Crippen molar-refractivity contribution in [1.82, 2.24) is 5.32 Å². The van der Waals surface area contributed by atoms with Crippen molar-refractivity contribution in [2.24, 2.45) is 0 Å². The number of hydrogen-bond acceptors (Lipinski definition) is 2. The predicted molar refractivity (Wildman–Crippen MR) is 75.9 cm³/mol. The zero-order valence-corrected chi connectivity index (χ0v) is 11.7. The van der Waals surface area contributed by atoms with Crippen molar-refractivity contribution >= 4 is 22.9 Å². The summed E-state index contributed by atoms with van der Waals surface area (Å²) in [7, 11) is 0. The molecule has 1 aromatic carbocycles. The van der Waals surface area contributed by atoms with E-state index in [1.54, 1.807) is 17.4 Å². The number of nitrogens with one attached hydrogen (secondary N) is 1. The molecule has 0 aliphatic heterocycles. The fraction of sp³-hybridized carbons (Fsp3) is 0.286. The van der Waals surface area contributed by atoms with Crippen molar-refractivity contribution in [2.45, 2.75) is 19.4 Å². The Balaban J connectivity index is 2.23. The Hall–Kier alpha value is -0.900. The van der Waals surface area contributed by atoms with E-state index < -0.39 is 0 Å². The van der Waals surface area contributed by atoms with Crippen LogP contribution in [0.25, 0.3) is 0 Å². The molecule has 0 aliphatic carbocycles. The summed E-state index contributed by atoms with van der Waals surface area (Å²) in [6.45, 7) is 2.91. The van der Waals surface area contributed by atoms with Gasteiger partial charge < -0.3 is 5.32 Å². The number of hydrogen-bond donors (Lipinski definition) is 1. The second-order valence-electron chi connectivity index (χ2n) is 4.06. The van der Waals surface area contributed by atoms with Crippen LogP contribution in [-0.4, -0.2) is 6.54 Å². The van der Waals surface area contributed by atoms with E-state index in [1.165, 1.54) is 17.0 Å². The second-order valence-corrected chi connectivity index (χ2v) is 5.50. The molecule has 1 atom stereocenters. The van der Waals surface area contributed by atoms with E-state index in [-0.39, 0.29) is 11.9 Å². The maximum Gasteiger partial charge on any atom is 0.124 e. The van der Waals surface area contributed by atoms with E-state index in [0.29, 0.717) is 5.02 Å². The Kier molecular flexibility index (Phi) is 4.75. The van der Waals surface area contributed by atoms with Gasteiger partial charge in [-0.05, 0) is 35.7 Å². The monoisotopic (exact) mass is 283 g/mol. The molecule has 4 heteroatoms. The molecule has 96 valence electrons. The van der Waals surface area contributed by atoms with E-state index in [4.69, 9.17) is 11.6 Å². The molecule has 0 spiro atoms. The molecule has 0 fully saturated rings. The van der Waals surface area contributed by atoms with E-state index in [1.807, 2.05) is 6.07 Å². The molecule has 0 aliphatic rings. The van der Waals surface area contributed by atoms with Crippen LogP contribution >= 0.6 is 22.9 Å². The highest BCUT2D eigenvalue weighted by Crippen LogP contribution is 2.27.